The summed E-state index contributed by atoms with van der Waals surface area (Å²) in [5.74, 6) is 3.02. The van der Waals surface area contributed by atoms with Crippen LogP contribution < -0.4 is 62.6 Å². The molecule has 0 aliphatic carbocycles. The predicted molar refractivity (Wildman–Crippen MR) is 600 cm³/mol. The lowest BCUT2D eigenvalue weighted by atomic mass is 9.78. The number of aliphatic hydroxyl groups excluding tert-OH is 1. The predicted octanol–water partition coefficient (Wildman–Crippen LogP) is 19.5. The number of rotatable bonds is 37. The third-order valence-corrected chi connectivity index (χ3v) is 26.8. The molecule has 10 aromatic rings. The van der Waals surface area contributed by atoms with E-state index in [0.29, 0.717) is 64.8 Å². The molecule has 3 atom stereocenters. The van der Waals surface area contributed by atoms with E-state index in [1.54, 1.807) is 31.4 Å². The Balaban J connectivity index is 0.000000192. The second kappa shape index (κ2) is 55.0. The van der Waals surface area contributed by atoms with Crippen LogP contribution in [0.4, 0.5) is 4.79 Å². The summed E-state index contributed by atoms with van der Waals surface area (Å²) in [5, 5.41) is 29.5. The molecule has 5 aliphatic heterocycles. The summed E-state index contributed by atoms with van der Waals surface area (Å²) in [5.41, 5.74) is 17.9. The van der Waals surface area contributed by atoms with Crippen molar-refractivity contribution in [3.05, 3.63) is 298 Å². The summed E-state index contributed by atoms with van der Waals surface area (Å²) in [7, 11) is 0.00762. The van der Waals surface area contributed by atoms with Gasteiger partial charge in [-0.25, -0.2) is 9.68 Å². The number of hydrogen-bond donors (Lipinski definition) is 5. The number of methoxy groups -OCH3 is 1. The molecule has 0 bridgehead atoms. The van der Waals surface area contributed by atoms with E-state index in [4.69, 9.17) is 85.6 Å². The first kappa shape index (κ1) is 119. The maximum atomic E-state index is 11.7. The molecule has 0 spiro atoms. The largest absolute Gasteiger partial charge is 0.508 e. The second-order valence-corrected chi connectivity index (χ2v) is 41.8. The van der Waals surface area contributed by atoms with Crippen LogP contribution >= 0.6 is 0 Å². The number of alkyl carbamates (subject to hydrolysis) is 1. The topological polar surface area (TPSA) is 300 Å². The molecular weight excluding hydrogens is 1880 g/mol. The van der Waals surface area contributed by atoms with E-state index in [1.807, 2.05) is 239 Å². The Labute approximate surface area is 885 Å². The van der Waals surface area contributed by atoms with Gasteiger partial charge in [-0.3, -0.25) is 4.79 Å². The number of carbonyl (C=O) groups is 2. The normalized spacial score (nSPS) is 18.0. The van der Waals surface area contributed by atoms with Crippen molar-refractivity contribution in [1.82, 2.24) is 10.6 Å². The zero-order chi connectivity index (χ0) is 107. The molecule has 149 heavy (non-hydrogen) atoms. The summed E-state index contributed by atoms with van der Waals surface area (Å²) in [6.07, 6.45) is 17.1. The highest BCUT2D eigenvalue weighted by Gasteiger charge is 2.55. The number of nitrogens with one attached hydrogen (secondary N) is 2. The molecule has 5 fully saturated rings. The van der Waals surface area contributed by atoms with Crippen LogP contribution in [-0.2, 0) is 82.0 Å². The number of aliphatic hydroxyl groups is 1. The van der Waals surface area contributed by atoms with Gasteiger partial charge in [-0.05, 0) is 295 Å². The first-order valence-corrected chi connectivity index (χ1v) is 50.9. The number of phenolic OH excluding ortho intramolecular Hbond substituents is 1. The van der Waals surface area contributed by atoms with Gasteiger partial charge in [0.25, 0.3) is 0 Å². The number of amides is 2. The third-order valence-electron chi connectivity index (χ3n) is 26.8. The Hall–Kier alpha value is -11.4. The molecule has 15 rings (SSSR count). The van der Waals surface area contributed by atoms with Crippen molar-refractivity contribution in [3.8, 4) is 28.7 Å². The molecule has 5 aliphatic rings. The lowest BCUT2D eigenvalue weighted by Gasteiger charge is -2.32. The van der Waals surface area contributed by atoms with Crippen LogP contribution in [0.1, 0.15) is 228 Å². The van der Waals surface area contributed by atoms with Gasteiger partial charge in [-0.2, -0.15) is 4.89 Å². The first-order chi connectivity index (χ1) is 70.2. The highest BCUT2D eigenvalue weighted by Crippen LogP contribution is 2.41. The molecule has 0 saturated carbocycles. The number of phenols is 1. The summed E-state index contributed by atoms with van der Waals surface area (Å²) in [6, 6.07) is 79.0. The van der Waals surface area contributed by atoms with Gasteiger partial charge in [0.05, 0.1) is 89.9 Å². The molecular formula is C118H154B5N3O23. The Morgan fingerprint density at radius 2 is 0.671 bits per heavy atom. The highest BCUT2D eigenvalue weighted by molar-refractivity contribution is 6.64. The quantitative estimate of drug-likeness (QED) is 0.00794. The molecule has 0 aromatic heterocycles. The molecule has 31 heteroatoms. The zero-order valence-corrected chi connectivity index (χ0v) is 90.4. The number of nitrogens with two attached hydrogens (primary N) is 1. The lowest BCUT2D eigenvalue weighted by molar-refractivity contribution is -0.509. The fraction of sp³-hybridized carbons (Fsp3) is 0.407. The van der Waals surface area contributed by atoms with E-state index in [9.17, 15) is 19.8 Å². The average Bonchev–Trinajstić information content (AvgIpc) is 1.64. The zero-order valence-electron chi connectivity index (χ0n) is 90.4. The summed E-state index contributed by atoms with van der Waals surface area (Å²) in [4.78, 5) is 32.7. The Morgan fingerprint density at radius 3 is 0.973 bits per heavy atom. The highest BCUT2D eigenvalue weighted by atomic mass is 17.5. The molecule has 5 heterocycles. The SMILES string of the molecule is C.CC(C)(C)OC(=O)NCCOc1ccc(C=Cc2ccc(B3OC(C)(C)C(C)(C)O3)cc2)cc1.CC1(C)OB(c2ccc(C=Cc3ccc(OCCN)cc3)cc2)OC1(C)C.CC1(C)OB(c2ccc(CC(O)c3ccc(O)cc3)cc2)OC1(C)C.CCCOCCOOOCC(=O)NCCOc1ccc(C=Cc2ccc(B3OC(C)C(C)O3)cc2)cc1.COc1ccc(C=Cc2ccc(B3OC(C)(C)C(C)(C)O3)cc2)cc1. The molecule has 2 amide bonds. The van der Waals surface area contributed by atoms with Crippen LogP contribution in [0, 0.1) is 0 Å². The Morgan fingerprint density at radius 1 is 0.383 bits per heavy atom. The monoisotopic (exact) mass is 2040 g/mol. The van der Waals surface area contributed by atoms with Crippen molar-refractivity contribution in [1.29, 1.82) is 0 Å². The van der Waals surface area contributed by atoms with E-state index >= 15 is 0 Å². The van der Waals surface area contributed by atoms with Crippen molar-refractivity contribution >= 4 is 124 Å². The van der Waals surface area contributed by atoms with E-state index in [1.165, 1.54) is 0 Å². The molecule has 5 saturated heterocycles. The van der Waals surface area contributed by atoms with E-state index in [0.717, 1.165) is 107 Å². The van der Waals surface area contributed by atoms with E-state index in [2.05, 4.69) is 201 Å². The van der Waals surface area contributed by atoms with Gasteiger partial charge in [0, 0.05) is 19.6 Å². The smallest absolute Gasteiger partial charge is 0.494 e. The second-order valence-electron chi connectivity index (χ2n) is 41.8. The molecule has 10 aromatic carbocycles. The van der Waals surface area contributed by atoms with Crippen molar-refractivity contribution in [2.45, 2.75) is 241 Å². The maximum Gasteiger partial charge on any atom is 0.494 e. The van der Waals surface area contributed by atoms with Crippen molar-refractivity contribution < 1.29 is 110 Å². The summed E-state index contributed by atoms with van der Waals surface area (Å²) < 4.78 is 92.8. The van der Waals surface area contributed by atoms with Crippen LogP contribution in [0.2, 0.25) is 0 Å². The van der Waals surface area contributed by atoms with Gasteiger partial charge in [0.15, 0.2) is 6.61 Å². The van der Waals surface area contributed by atoms with Gasteiger partial charge >= 0.3 is 41.7 Å². The van der Waals surface area contributed by atoms with Crippen molar-refractivity contribution in [2.24, 2.45) is 5.73 Å². The number of hydrogen-bond acceptors (Lipinski definition) is 24. The summed E-state index contributed by atoms with van der Waals surface area (Å²) in [6.45, 7) is 47.9. The van der Waals surface area contributed by atoms with Crippen molar-refractivity contribution in [3.63, 3.8) is 0 Å². The van der Waals surface area contributed by atoms with Crippen molar-refractivity contribution in [2.75, 3.05) is 73.0 Å². The molecule has 26 nitrogen and oxygen atoms in total. The van der Waals surface area contributed by atoms with Crippen LogP contribution in [0.3, 0.4) is 0 Å². The molecule has 0 radical (unpaired) electrons. The lowest BCUT2D eigenvalue weighted by Crippen LogP contribution is -2.41. The van der Waals surface area contributed by atoms with Gasteiger partial charge < -0.3 is 102 Å². The van der Waals surface area contributed by atoms with E-state index < -0.39 is 17.8 Å². The summed E-state index contributed by atoms with van der Waals surface area (Å²) >= 11 is 0. The minimum absolute atomic E-state index is 0. The number of carbonyl (C=O) groups excluding carboxylic acids is 2. The van der Waals surface area contributed by atoms with Crippen LogP contribution in [0.15, 0.2) is 243 Å². The third kappa shape index (κ3) is 36.7. The molecule has 794 valence electrons. The minimum atomic E-state index is -0.608. The Bertz CT molecular complexity index is 5790. The number of benzene rings is 10. The van der Waals surface area contributed by atoms with Gasteiger partial charge in [-0.15, -0.1) is 0 Å². The molecule has 6 N–H and O–H groups in total. The van der Waals surface area contributed by atoms with Gasteiger partial charge in [-0.1, -0.05) is 250 Å². The number of ether oxygens (including phenoxy) is 6. The van der Waals surface area contributed by atoms with Gasteiger partial charge in [0.1, 0.15) is 60.8 Å². The average molecular weight is 2040 g/mol. The fourth-order valence-electron chi connectivity index (χ4n) is 14.8. The maximum absolute atomic E-state index is 11.7. The minimum Gasteiger partial charge on any atom is -0.508 e. The standard InChI is InChI=1S/C27H36BNO8.C27H36BNO5.C22H28BNO3.C21H25BO3.C20H25BO4.CH4/c1-4-16-31-18-19-33-37-34-20-27(30)29-15-17-32-26-13-9-24(10-14-26)6-5-23-7-11-25(12-8-23)28-35-21(2)22(3)36-28;1-25(2,3)32-24(30)29-18-19-31-23-16-12-21(13-17-23)9-8-20-10-14-22(15-11-20)28-33-26(4,5)27(6,7)34-28;1-21(2)22(3,4)27-23(26-21)19-11-7-17(8-12-19)5-6-18-9-13-20(14-10-18)25-16-15-24;1-20(2)21(3,4)25-22(24-20)18-12-8-16(9-13-18)6-7-17-10-14-19(23-5)15-11-17;1-19(2)20(3,4)25-21(24-19)16-9-5-14(6-10-16)13-18(23)15-7-11-17(22)12-8-15;/h5-14,21-22H,4,15-20H2,1-3H3,(H,29,30);8-17H,18-19H2,1-7H3,(H,29,30);5-14H,15-16,24H2,1-4H3;6-15H,1-5H3;5-12,18,22-23H,13H2,1-4H3;1H4. The van der Waals surface area contributed by atoms with Crippen LogP contribution in [0.5, 0.6) is 28.7 Å². The van der Waals surface area contributed by atoms with Crippen LogP contribution in [0.25, 0.3) is 48.6 Å². The fourth-order valence-corrected chi connectivity index (χ4v) is 14.8. The van der Waals surface area contributed by atoms with Gasteiger partial charge in [0.2, 0.25) is 5.91 Å². The first-order valence-electron chi connectivity index (χ1n) is 50.9. The number of aromatic hydroxyl groups is 1. The van der Waals surface area contributed by atoms with E-state index in [-0.39, 0.29) is 125 Å². The molecule has 3 unspecified atom stereocenters. The van der Waals surface area contributed by atoms with Crippen LogP contribution in [-0.4, -0.2) is 193 Å². The Kier molecular flexibility index (Phi) is 44.1.